The Morgan fingerprint density at radius 2 is 2.30 bits per heavy atom. The standard InChI is InChI=1S/C10H12N5O7P/c11-10-13-7-4(8(17)14-10)12-2-15(7)9-5(16)6-3(21-9)1-20-23(18,19)22-6/h2-3,5-6,9,16H,1H2,(H,18,19)(H3,11,13,14,17)/t3-,5+,6+,9-/m1/s1. The van der Waals surface area contributed by atoms with Crippen molar-refractivity contribution in [1.82, 2.24) is 19.5 Å². The van der Waals surface area contributed by atoms with Crippen LogP contribution in [-0.2, 0) is 18.3 Å². The number of aromatic amines is 1. The molecule has 0 saturated carbocycles. The Hall–Kier alpha value is -1.82. The normalized spacial score (nSPS) is 37.1. The highest BCUT2D eigenvalue weighted by molar-refractivity contribution is 7.47. The number of H-pyrrole nitrogens is 1. The van der Waals surface area contributed by atoms with Crippen LogP contribution < -0.4 is 11.3 Å². The Morgan fingerprint density at radius 1 is 1.52 bits per heavy atom. The van der Waals surface area contributed by atoms with E-state index in [1.807, 2.05) is 0 Å². The molecule has 5 atom stereocenters. The van der Waals surface area contributed by atoms with Gasteiger partial charge in [-0.25, -0.2) is 9.55 Å². The number of phosphoric acid groups is 1. The number of hydrogen-bond donors (Lipinski definition) is 4. The second kappa shape index (κ2) is 4.84. The number of anilines is 1. The first-order chi connectivity index (χ1) is 10.9. The second-order valence-corrected chi connectivity index (χ2v) is 6.57. The molecule has 23 heavy (non-hydrogen) atoms. The molecule has 0 radical (unpaired) electrons. The predicted molar refractivity (Wildman–Crippen MR) is 73.1 cm³/mol. The van der Waals surface area contributed by atoms with Gasteiger partial charge in [0.2, 0.25) is 5.95 Å². The van der Waals surface area contributed by atoms with Gasteiger partial charge in [0.25, 0.3) is 5.56 Å². The molecule has 12 nitrogen and oxygen atoms in total. The minimum Gasteiger partial charge on any atom is -0.386 e. The Bertz CT molecular complexity index is 880. The number of nitrogen functional groups attached to an aromatic ring is 1. The number of imidazole rings is 1. The van der Waals surface area contributed by atoms with Crippen LogP contribution in [0.1, 0.15) is 6.23 Å². The highest BCUT2D eigenvalue weighted by Crippen LogP contribution is 2.52. The van der Waals surface area contributed by atoms with Crippen molar-refractivity contribution in [2.75, 3.05) is 12.3 Å². The van der Waals surface area contributed by atoms with Crippen LogP contribution in [0.4, 0.5) is 5.95 Å². The number of nitrogens with two attached hydrogens (primary N) is 1. The Labute approximate surface area is 127 Å². The Morgan fingerprint density at radius 3 is 3.09 bits per heavy atom. The SMILES string of the molecule is Nc1nc2c(ncn2[C@@H]2O[C@@H]3COP(=O)(O)O[C@@H]3[C@@H]2O)c(=O)[nH]1. The van der Waals surface area contributed by atoms with Gasteiger partial charge in [-0.1, -0.05) is 0 Å². The number of ether oxygens (including phenoxy) is 1. The number of phosphoric ester groups is 1. The summed E-state index contributed by atoms with van der Waals surface area (Å²) in [5.74, 6) is -0.117. The zero-order chi connectivity index (χ0) is 16.4. The zero-order valence-corrected chi connectivity index (χ0v) is 12.3. The molecule has 4 rings (SSSR count). The van der Waals surface area contributed by atoms with Crippen molar-refractivity contribution in [3.63, 3.8) is 0 Å². The fourth-order valence-corrected chi connectivity index (χ4v) is 3.66. The summed E-state index contributed by atoms with van der Waals surface area (Å²) in [6, 6.07) is 0. The molecule has 2 fully saturated rings. The fraction of sp³-hybridized carbons (Fsp3) is 0.500. The zero-order valence-electron chi connectivity index (χ0n) is 11.4. The van der Waals surface area contributed by atoms with Crippen molar-refractivity contribution in [2.24, 2.45) is 0 Å². The van der Waals surface area contributed by atoms with Gasteiger partial charge in [0.1, 0.15) is 18.3 Å². The number of fused-ring (bicyclic) bond motifs is 2. The monoisotopic (exact) mass is 345 g/mol. The lowest BCUT2D eigenvalue weighted by Gasteiger charge is -2.27. The van der Waals surface area contributed by atoms with E-state index >= 15 is 0 Å². The van der Waals surface area contributed by atoms with Crippen LogP contribution in [0.2, 0.25) is 0 Å². The van der Waals surface area contributed by atoms with Gasteiger partial charge < -0.3 is 20.5 Å². The lowest BCUT2D eigenvalue weighted by atomic mass is 10.1. The van der Waals surface area contributed by atoms with Gasteiger partial charge in [0.15, 0.2) is 17.4 Å². The first-order valence-electron chi connectivity index (χ1n) is 6.57. The summed E-state index contributed by atoms with van der Waals surface area (Å²) in [6.45, 7) is -0.214. The van der Waals surface area contributed by atoms with Gasteiger partial charge in [-0.3, -0.25) is 23.4 Å². The second-order valence-electron chi connectivity index (χ2n) is 5.17. The molecule has 1 unspecified atom stereocenters. The molecule has 4 heterocycles. The number of nitrogens with one attached hydrogen (secondary N) is 1. The molecular formula is C10H12N5O7P. The van der Waals surface area contributed by atoms with Crippen LogP contribution in [0.5, 0.6) is 0 Å². The highest BCUT2D eigenvalue weighted by Gasteiger charge is 2.52. The van der Waals surface area contributed by atoms with E-state index in [2.05, 4.69) is 19.5 Å². The molecule has 2 aromatic heterocycles. The summed E-state index contributed by atoms with van der Waals surface area (Å²) < 4.78 is 27.9. The van der Waals surface area contributed by atoms with Gasteiger partial charge >= 0.3 is 7.82 Å². The molecule has 2 saturated heterocycles. The van der Waals surface area contributed by atoms with E-state index in [-0.39, 0.29) is 23.7 Å². The summed E-state index contributed by atoms with van der Waals surface area (Å²) in [6.07, 6.45) is -2.85. The molecule has 0 aliphatic carbocycles. The smallest absolute Gasteiger partial charge is 0.386 e. The van der Waals surface area contributed by atoms with E-state index in [4.69, 9.17) is 15.0 Å². The third kappa shape index (κ3) is 2.27. The molecule has 0 spiro atoms. The molecule has 0 aromatic carbocycles. The minimum atomic E-state index is -4.22. The summed E-state index contributed by atoms with van der Waals surface area (Å²) in [5, 5.41) is 10.4. The maximum Gasteiger partial charge on any atom is 0.472 e. The lowest BCUT2D eigenvalue weighted by molar-refractivity contribution is -0.0664. The number of hydrogen-bond acceptors (Lipinski definition) is 9. The maximum absolute atomic E-state index is 11.8. The van der Waals surface area contributed by atoms with Crippen molar-refractivity contribution in [3.05, 3.63) is 16.7 Å². The van der Waals surface area contributed by atoms with Gasteiger partial charge in [-0.05, 0) is 0 Å². The molecule has 5 N–H and O–H groups in total. The third-order valence-corrected chi connectivity index (χ3v) is 4.68. The molecule has 13 heteroatoms. The third-order valence-electron chi connectivity index (χ3n) is 3.69. The first kappa shape index (κ1) is 14.8. The van der Waals surface area contributed by atoms with Crippen LogP contribution in [-0.4, -0.2) is 54.4 Å². The molecule has 2 aromatic rings. The molecule has 124 valence electrons. The van der Waals surface area contributed by atoms with Gasteiger partial charge in [-0.15, -0.1) is 0 Å². The van der Waals surface area contributed by atoms with Gasteiger partial charge in [0.05, 0.1) is 12.9 Å². The number of nitrogens with zero attached hydrogens (tertiary/aromatic N) is 3. The average Bonchev–Trinajstić information content (AvgIpc) is 3.00. The van der Waals surface area contributed by atoms with E-state index < -0.39 is 37.9 Å². The predicted octanol–water partition coefficient (Wildman–Crippen LogP) is -1.52. The summed E-state index contributed by atoms with van der Waals surface area (Å²) in [7, 11) is -4.22. The number of aliphatic hydroxyl groups is 1. The number of rotatable bonds is 1. The largest absolute Gasteiger partial charge is 0.472 e. The molecular weight excluding hydrogens is 333 g/mol. The van der Waals surface area contributed by atoms with E-state index in [0.29, 0.717) is 0 Å². The van der Waals surface area contributed by atoms with Crippen LogP contribution >= 0.6 is 7.82 Å². The molecule has 0 amide bonds. The van der Waals surface area contributed by atoms with Crippen molar-refractivity contribution in [2.45, 2.75) is 24.5 Å². The lowest BCUT2D eigenvalue weighted by Crippen LogP contribution is -2.39. The topological polar surface area (TPSA) is 175 Å². The maximum atomic E-state index is 11.8. The van der Waals surface area contributed by atoms with E-state index in [1.165, 1.54) is 10.9 Å². The quantitative estimate of drug-likeness (QED) is 0.444. The van der Waals surface area contributed by atoms with E-state index in [0.717, 1.165) is 0 Å². The van der Waals surface area contributed by atoms with Crippen molar-refractivity contribution < 1.29 is 28.3 Å². The number of aromatic nitrogens is 4. The number of aliphatic hydroxyl groups excluding tert-OH is 1. The van der Waals surface area contributed by atoms with Crippen LogP contribution in [0.3, 0.4) is 0 Å². The fourth-order valence-electron chi connectivity index (χ4n) is 2.69. The Balaban J connectivity index is 1.75. The molecule has 2 aliphatic rings. The Kier molecular flexibility index (Phi) is 3.10. The van der Waals surface area contributed by atoms with Crippen molar-refractivity contribution in [3.8, 4) is 0 Å². The van der Waals surface area contributed by atoms with Crippen molar-refractivity contribution >= 4 is 24.9 Å². The van der Waals surface area contributed by atoms with Crippen LogP contribution in [0, 0.1) is 0 Å². The minimum absolute atomic E-state index is 0.0230. The van der Waals surface area contributed by atoms with E-state index in [1.54, 1.807) is 0 Å². The average molecular weight is 345 g/mol. The first-order valence-corrected chi connectivity index (χ1v) is 8.07. The summed E-state index contributed by atoms with van der Waals surface area (Å²) >= 11 is 0. The van der Waals surface area contributed by atoms with E-state index in [9.17, 15) is 19.4 Å². The van der Waals surface area contributed by atoms with Gasteiger partial charge in [0, 0.05) is 0 Å². The van der Waals surface area contributed by atoms with Crippen LogP contribution in [0.15, 0.2) is 11.1 Å². The highest BCUT2D eigenvalue weighted by atomic mass is 31.2. The summed E-state index contributed by atoms with van der Waals surface area (Å²) in [4.78, 5) is 31.3. The molecule has 0 bridgehead atoms. The molecule has 2 aliphatic heterocycles. The van der Waals surface area contributed by atoms with Crippen LogP contribution in [0.25, 0.3) is 11.2 Å². The van der Waals surface area contributed by atoms with Gasteiger partial charge in [-0.2, -0.15) is 4.98 Å². The van der Waals surface area contributed by atoms with Crippen molar-refractivity contribution in [1.29, 1.82) is 0 Å². The summed E-state index contributed by atoms with van der Waals surface area (Å²) in [5.41, 5.74) is 5.12.